The Labute approximate surface area is 117 Å². The number of rotatable bonds is 8. The number of aromatic carboxylic acids is 1. The number of hydrogen-bond donors (Lipinski definition) is 3. The molecule has 0 aliphatic carbocycles. The minimum absolute atomic E-state index is 0.101. The van der Waals surface area contributed by atoms with Crippen LogP contribution in [-0.4, -0.2) is 30.6 Å². The summed E-state index contributed by atoms with van der Waals surface area (Å²) < 4.78 is 5.10. The molecule has 1 aromatic carbocycles. The quantitative estimate of drug-likeness (QED) is 0.631. The standard InChI is InChI=1S/C14H20N2O4/c1-20-12-7-6-10(14(18)19)9-11(12)16-13(17)5-3-2-4-8-15/h6-7,9H,2-5,8,15H2,1H3,(H,16,17)(H,18,19). The van der Waals surface area contributed by atoms with Crippen LogP contribution in [0.4, 0.5) is 5.69 Å². The normalized spacial score (nSPS) is 10.1. The molecule has 0 heterocycles. The molecule has 0 unspecified atom stereocenters. The molecule has 0 spiro atoms. The second kappa shape index (κ2) is 8.16. The minimum Gasteiger partial charge on any atom is -0.495 e. The van der Waals surface area contributed by atoms with E-state index in [1.807, 2.05) is 0 Å². The van der Waals surface area contributed by atoms with Crippen molar-refractivity contribution in [2.75, 3.05) is 19.0 Å². The summed E-state index contributed by atoms with van der Waals surface area (Å²) in [6, 6.07) is 4.34. The summed E-state index contributed by atoms with van der Waals surface area (Å²) in [6.45, 7) is 0.621. The van der Waals surface area contributed by atoms with Crippen molar-refractivity contribution in [3.63, 3.8) is 0 Å². The zero-order chi connectivity index (χ0) is 15.0. The first-order valence-corrected chi connectivity index (χ1v) is 6.49. The Morgan fingerprint density at radius 1 is 1.30 bits per heavy atom. The fraction of sp³-hybridized carbons (Fsp3) is 0.429. The van der Waals surface area contributed by atoms with Crippen LogP contribution >= 0.6 is 0 Å². The number of anilines is 1. The smallest absolute Gasteiger partial charge is 0.335 e. The van der Waals surface area contributed by atoms with Crippen LogP contribution in [0, 0.1) is 0 Å². The highest BCUT2D eigenvalue weighted by molar-refractivity contribution is 5.95. The topological polar surface area (TPSA) is 102 Å². The Morgan fingerprint density at radius 2 is 2.05 bits per heavy atom. The molecular formula is C14H20N2O4. The molecule has 110 valence electrons. The largest absolute Gasteiger partial charge is 0.495 e. The van der Waals surface area contributed by atoms with Gasteiger partial charge in [0.1, 0.15) is 5.75 Å². The van der Waals surface area contributed by atoms with Gasteiger partial charge in [0.15, 0.2) is 0 Å². The molecule has 6 heteroatoms. The summed E-state index contributed by atoms with van der Waals surface area (Å²) in [6.07, 6.45) is 2.92. The lowest BCUT2D eigenvalue weighted by Crippen LogP contribution is -2.13. The molecule has 0 aromatic heterocycles. The molecule has 0 aliphatic rings. The predicted molar refractivity (Wildman–Crippen MR) is 76.1 cm³/mol. The number of methoxy groups -OCH3 is 1. The van der Waals surface area contributed by atoms with Crippen molar-refractivity contribution < 1.29 is 19.4 Å². The molecule has 1 aromatic rings. The number of hydrogen-bond acceptors (Lipinski definition) is 4. The highest BCUT2D eigenvalue weighted by atomic mass is 16.5. The molecule has 4 N–H and O–H groups in total. The van der Waals surface area contributed by atoms with Gasteiger partial charge in [0.05, 0.1) is 18.4 Å². The van der Waals surface area contributed by atoms with E-state index in [0.717, 1.165) is 19.3 Å². The van der Waals surface area contributed by atoms with Gasteiger partial charge < -0.3 is 20.9 Å². The van der Waals surface area contributed by atoms with Gasteiger partial charge in [0.25, 0.3) is 0 Å². The molecular weight excluding hydrogens is 260 g/mol. The van der Waals surface area contributed by atoms with E-state index in [2.05, 4.69) is 5.32 Å². The van der Waals surface area contributed by atoms with Gasteiger partial charge in [0, 0.05) is 6.42 Å². The molecule has 0 saturated heterocycles. The third-order valence-electron chi connectivity index (χ3n) is 2.83. The number of ether oxygens (including phenoxy) is 1. The van der Waals surface area contributed by atoms with Crippen LogP contribution in [-0.2, 0) is 4.79 Å². The highest BCUT2D eigenvalue weighted by Crippen LogP contribution is 2.25. The monoisotopic (exact) mass is 280 g/mol. The van der Waals surface area contributed by atoms with Crippen LogP contribution in [0.2, 0.25) is 0 Å². The van der Waals surface area contributed by atoms with E-state index in [-0.39, 0.29) is 11.5 Å². The van der Waals surface area contributed by atoms with E-state index in [1.54, 1.807) is 0 Å². The fourth-order valence-corrected chi connectivity index (χ4v) is 1.76. The minimum atomic E-state index is -1.05. The Kier molecular flexibility index (Phi) is 6.52. The summed E-state index contributed by atoms with van der Waals surface area (Å²) in [5.41, 5.74) is 5.85. The van der Waals surface area contributed by atoms with Crippen molar-refractivity contribution >= 4 is 17.6 Å². The van der Waals surface area contributed by atoms with E-state index in [0.29, 0.717) is 24.4 Å². The first-order valence-electron chi connectivity index (χ1n) is 6.49. The third kappa shape index (κ3) is 4.89. The SMILES string of the molecule is COc1ccc(C(=O)O)cc1NC(=O)CCCCCN. The maximum Gasteiger partial charge on any atom is 0.335 e. The molecule has 1 amide bonds. The average molecular weight is 280 g/mol. The number of amides is 1. The van der Waals surface area contributed by atoms with E-state index >= 15 is 0 Å². The van der Waals surface area contributed by atoms with E-state index < -0.39 is 5.97 Å². The number of carbonyl (C=O) groups is 2. The second-order valence-corrected chi connectivity index (χ2v) is 4.37. The molecule has 1 rings (SSSR count). The number of benzene rings is 1. The number of carbonyl (C=O) groups excluding carboxylic acids is 1. The number of nitrogens with two attached hydrogens (primary N) is 1. The van der Waals surface area contributed by atoms with Crippen LogP contribution in [0.5, 0.6) is 5.75 Å². The van der Waals surface area contributed by atoms with Crippen molar-refractivity contribution in [3.05, 3.63) is 23.8 Å². The van der Waals surface area contributed by atoms with Gasteiger partial charge in [0.2, 0.25) is 5.91 Å². The maximum absolute atomic E-state index is 11.8. The van der Waals surface area contributed by atoms with E-state index in [4.69, 9.17) is 15.6 Å². The van der Waals surface area contributed by atoms with Gasteiger partial charge in [-0.2, -0.15) is 0 Å². The summed E-state index contributed by atoms with van der Waals surface area (Å²) in [7, 11) is 1.46. The van der Waals surface area contributed by atoms with Crippen molar-refractivity contribution in [2.24, 2.45) is 5.73 Å². The number of unbranched alkanes of at least 4 members (excludes halogenated alkanes) is 2. The zero-order valence-corrected chi connectivity index (χ0v) is 11.5. The molecule has 6 nitrogen and oxygen atoms in total. The van der Waals surface area contributed by atoms with Crippen LogP contribution in [0.15, 0.2) is 18.2 Å². The molecule has 0 radical (unpaired) electrons. The predicted octanol–water partition coefficient (Wildman–Crippen LogP) is 1.85. The van der Waals surface area contributed by atoms with Crippen LogP contribution in [0.25, 0.3) is 0 Å². The lowest BCUT2D eigenvalue weighted by Gasteiger charge is -2.11. The van der Waals surface area contributed by atoms with Gasteiger partial charge >= 0.3 is 5.97 Å². The molecule has 0 bridgehead atoms. The number of carboxylic acid groups (broad SMARTS) is 1. The summed E-state index contributed by atoms with van der Waals surface area (Å²) in [4.78, 5) is 22.7. The molecule has 0 atom stereocenters. The Morgan fingerprint density at radius 3 is 2.65 bits per heavy atom. The summed E-state index contributed by atoms with van der Waals surface area (Å²) in [5.74, 6) is -0.778. The first-order chi connectivity index (χ1) is 9.58. The van der Waals surface area contributed by atoms with Crippen LogP contribution in [0.3, 0.4) is 0 Å². The lowest BCUT2D eigenvalue weighted by molar-refractivity contribution is -0.116. The number of nitrogens with one attached hydrogen (secondary N) is 1. The Bertz CT molecular complexity index is 474. The molecule has 20 heavy (non-hydrogen) atoms. The Balaban J connectivity index is 2.67. The van der Waals surface area contributed by atoms with Crippen LogP contribution in [0.1, 0.15) is 36.0 Å². The van der Waals surface area contributed by atoms with Crippen molar-refractivity contribution in [1.29, 1.82) is 0 Å². The molecule has 0 fully saturated rings. The van der Waals surface area contributed by atoms with Crippen LogP contribution < -0.4 is 15.8 Å². The average Bonchev–Trinajstić information content (AvgIpc) is 2.43. The van der Waals surface area contributed by atoms with Gasteiger partial charge in [-0.05, 0) is 37.6 Å². The second-order valence-electron chi connectivity index (χ2n) is 4.37. The lowest BCUT2D eigenvalue weighted by atomic mass is 10.1. The summed E-state index contributed by atoms with van der Waals surface area (Å²) in [5, 5.41) is 11.6. The molecule has 0 saturated carbocycles. The molecule has 0 aliphatic heterocycles. The van der Waals surface area contributed by atoms with Crippen molar-refractivity contribution in [1.82, 2.24) is 0 Å². The van der Waals surface area contributed by atoms with Gasteiger partial charge in [-0.1, -0.05) is 6.42 Å². The zero-order valence-electron chi connectivity index (χ0n) is 11.5. The maximum atomic E-state index is 11.8. The Hall–Kier alpha value is -2.08. The van der Waals surface area contributed by atoms with Gasteiger partial charge in [-0.15, -0.1) is 0 Å². The fourth-order valence-electron chi connectivity index (χ4n) is 1.76. The van der Waals surface area contributed by atoms with Crippen molar-refractivity contribution in [2.45, 2.75) is 25.7 Å². The van der Waals surface area contributed by atoms with Gasteiger partial charge in [-0.25, -0.2) is 4.79 Å². The highest BCUT2D eigenvalue weighted by Gasteiger charge is 2.11. The number of carboxylic acids is 1. The van der Waals surface area contributed by atoms with E-state index in [9.17, 15) is 9.59 Å². The summed E-state index contributed by atoms with van der Waals surface area (Å²) >= 11 is 0. The van der Waals surface area contributed by atoms with Crippen molar-refractivity contribution in [3.8, 4) is 5.75 Å². The van der Waals surface area contributed by atoms with Gasteiger partial charge in [-0.3, -0.25) is 4.79 Å². The van der Waals surface area contributed by atoms with E-state index in [1.165, 1.54) is 25.3 Å². The third-order valence-corrected chi connectivity index (χ3v) is 2.83. The first kappa shape index (κ1) is 16.0.